The normalized spacial score (nSPS) is 10.6. The number of nitrogens with one attached hydrogen (secondary N) is 1. The second-order valence-electron chi connectivity index (χ2n) is 4.03. The van der Waals surface area contributed by atoms with Gasteiger partial charge in [0.1, 0.15) is 0 Å². The van der Waals surface area contributed by atoms with Gasteiger partial charge in [0.2, 0.25) is 11.1 Å². The summed E-state index contributed by atoms with van der Waals surface area (Å²) in [5.41, 5.74) is 8.23. The van der Waals surface area contributed by atoms with Gasteiger partial charge in [0, 0.05) is 5.56 Å². The minimum absolute atomic E-state index is 0.0737. The highest BCUT2D eigenvalue weighted by Gasteiger charge is 2.11. The van der Waals surface area contributed by atoms with E-state index in [0.29, 0.717) is 10.9 Å². The summed E-state index contributed by atoms with van der Waals surface area (Å²) in [6, 6.07) is 5.86. The van der Waals surface area contributed by atoms with Crippen LogP contribution in [0.3, 0.4) is 0 Å². The highest BCUT2D eigenvalue weighted by atomic mass is 32.2. The fraction of sp³-hybridized carbons (Fsp3) is 0.250. The number of Topliss-reactive ketones (excluding diaryl/α,β-unsaturated/α-hetero) is 1. The molecule has 0 saturated carbocycles. The Kier molecular flexibility index (Phi) is 3.66. The molecule has 0 unspecified atom stereocenters. The maximum Gasteiger partial charge on any atom is 0.216 e. The summed E-state index contributed by atoms with van der Waals surface area (Å²) in [5, 5.41) is 6.90. The summed E-state index contributed by atoms with van der Waals surface area (Å²) in [6.07, 6.45) is 0. The Morgan fingerprint density at radius 3 is 2.89 bits per heavy atom. The van der Waals surface area contributed by atoms with Crippen LogP contribution in [0.1, 0.15) is 21.5 Å². The summed E-state index contributed by atoms with van der Waals surface area (Å²) in [7, 11) is 0. The average Bonchev–Trinajstić information content (AvgIpc) is 2.75. The van der Waals surface area contributed by atoms with Crippen molar-refractivity contribution >= 4 is 23.5 Å². The molecule has 1 aromatic heterocycles. The van der Waals surface area contributed by atoms with E-state index in [2.05, 4.69) is 15.2 Å². The number of aryl methyl sites for hydroxylation is 2. The van der Waals surface area contributed by atoms with Crippen molar-refractivity contribution < 1.29 is 4.79 Å². The molecule has 0 aliphatic heterocycles. The van der Waals surface area contributed by atoms with Gasteiger partial charge in [-0.1, -0.05) is 29.5 Å². The number of nitrogens with two attached hydrogens (primary N) is 1. The number of hydrogen-bond acceptors (Lipinski definition) is 5. The Morgan fingerprint density at radius 1 is 1.44 bits per heavy atom. The number of thioether (sulfide) groups is 1. The fourth-order valence-electron chi connectivity index (χ4n) is 1.57. The molecule has 18 heavy (non-hydrogen) atoms. The van der Waals surface area contributed by atoms with Crippen molar-refractivity contribution in [2.45, 2.75) is 19.0 Å². The zero-order valence-corrected chi connectivity index (χ0v) is 11.0. The number of carbonyl (C=O) groups excluding carboxylic acids is 1. The number of nitrogens with zero attached hydrogens (tertiary/aromatic N) is 2. The Hall–Kier alpha value is -1.82. The van der Waals surface area contributed by atoms with Gasteiger partial charge in [-0.15, -0.1) is 5.10 Å². The van der Waals surface area contributed by atoms with Crippen LogP contribution in [-0.2, 0) is 0 Å². The van der Waals surface area contributed by atoms with Crippen molar-refractivity contribution in [1.29, 1.82) is 0 Å². The molecule has 0 aliphatic rings. The maximum atomic E-state index is 12.1. The Labute approximate surface area is 109 Å². The molecule has 0 radical (unpaired) electrons. The molecule has 5 nitrogen and oxygen atoms in total. The number of nitrogen functional groups attached to an aromatic ring is 1. The number of rotatable bonds is 4. The van der Waals surface area contributed by atoms with Crippen molar-refractivity contribution in [3.63, 3.8) is 0 Å². The molecule has 94 valence electrons. The van der Waals surface area contributed by atoms with Crippen LogP contribution in [0, 0.1) is 13.8 Å². The maximum absolute atomic E-state index is 12.1. The van der Waals surface area contributed by atoms with Gasteiger partial charge in [0.15, 0.2) is 5.78 Å². The number of ketones is 1. The van der Waals surface area contributed by atoms with Crippen molar-refractivity contribution in [1.82, 2.24) is 15.2 Å². The molecule has 1 heterocycles. The highest BCUT2D eigenvalue weighted by Crippen LogP contribution is 2.18. The smallest absolute Gasteiger partial charge is 0.216 e. The molecule has 0 spiro atoms. The van der Waals surface area contributed by atoms with Gasteiger partial charge in [0.05, 0.1) is 5.75 Å². The molecule has 0 aliphatic carbocycles. The van der Waals surface area contributed by atoms with Crippen LogP contribution >= 0.6 is 11.8 Å². The predicted octanol–water partition coefficient (Wildman–Crippen LogP) is 1.98. The molecule has 6 heteroatoms. The van der Waals surface area contributed by atoms with E-state index in [1.807, 2.05) is 32.0 Å². The average molecular weight is 262 g/mol. The molecule has 0 atom stereocenters. The molecule has 3 N–H and O–H groups in total. The summed E-state index contributed by atoms with van der Waals surface area (Å²) in [4.78, 5) is 16.0. The lowest BCUT2D eigenvalue weighted by molar-refractivity contribution is 0.102. The lowest BCUT2D eigenvalue weighted by atomic mass is 10.0. The van der Waals surface area contributed by atoms with Crippen molar-refractivity contribution in [3.8, 4) is 0 Å². The molecule has 1 aromatic carbocycles. The van der Waals surface area contributed by atoms with Crippen LogP contribution in [0.2, 0.25) is 0 Å². The molecule has 2 aromatic rings. The highest BCUT2D eigenvalue weighted by molar-refractivity contribution is 7.99. The van der Waals surface area contributed by atoms with Gasteiger partial charge in [-0.25, -0.2) is 5.10 Å². The Morgan fingerprint density at radius 2 is 2.22 bits per heavy atom. The van der Waals surface area contributed by atoms with Crippen LogP contribution in [0.25, 0.3) is 0 Å². The van der Waals surface area contributed by atoms with E-state index < -0.39 is 0 Å². The third-order valence-corrected chi connectivity index (χ3v) is 3.36. The van der Waals surface area contributed by atoms with E-state index in [0.717, 1.165) is 16.7 Å². The summed E-state index contributed by atoms with van der Waals surface area (Å²) in [5.74, 6) is 0.642. The molecular formula is C12H14N4OS. The zero-order chi connectivity index (χ0) is 13.1. The van der Waals surface area contributed by atoms with Gasteiger partial charge < -0.3 is 5.73 Å². The largest absolute Gasteiger partial charge is 0.368 e. The predicted molar refractivity (Wildman–Crippen MR) is 71.8 cm³/mol. The number of hydrogen-bond donors (Lipinski definition) is 2. The number of anilines is 1. The number of H-pyrrole nitrogens is 1. The first-order valence-corrected chi connectivity index (χ1v) is 6.46. The third kappa shape index (κ3) is 2.89. The topological polar surface area (TPSA) is 84.7 Å². The van der Waals surface area contributed by atoms with Crippen LogP contribution in [0.5, 0.6) is 0 Å². The molecule has 2 rings (SSSR count). The minimum Gasteiger partial charge on any atom is -0.368 e. The number of aromatic nitrogens is 3. The lowest BCUT2D eigenvalue weighted by Crippen LogP contribution is -2.05. The van der Waals surface area contributed by atoms with Gasteiger partial charge >= 0.3 is 0 Å². The summed E-state index contributed by atoms with van der Waals surface area (Å²) < 4.78 is 0. The minimum atomic E-state index is 0.0737. The van der Waals surface area contributed by atoms with E-state index in [9.17, 15) is 4.79 Å². The quantitative estimate of drug-likeness (QED) is 0.650. The SMILES string of the molecule is Cc1ccc(C)c(C(=O)CSc2n[nH]c(N)n2)c1. The monoisotopic (exact) mass is 262 g/mol. The fourth-order valence-corrected chi connectivity index (χ4v) is 2.26. The van der Waals surface area contributed by atoms with E-state index >= 15 is 0 Å². The molecule has 0 amide bonds. The first-order valence-electron chi connectivity index (χ1n) is 5.47. The molecule has 0 saturated heterocycles. The van der Waals surface area contributed by atoms with E-state index in [4.69, 9.17) is 5.73 Å². The van der Waals surface area contributed by atoms with Crippen LogP contribution in [0.4, 0.5) is 5.95 Å². The Bertz CT molecular complexity index is 579. The van der Waals surface area contributed by atoms with Gasteiger partial charge in [-0.2, -0.15) is 4.98 Å². The molecule has 0 bridgehead atoms. The standard InChI is InChI=1S/C12H14N4OS/c1-7-3-4-8(2)9(5-7)10(17)6-18-12-14-11(13)15-16-12/h3-5H,6H2,1-2H3,(H3,13,14,15,16). The third-order valence-electron chi connectivity index (χ3n) is 2.51. The Balaban J connectivity index is 2.05. The second kappa shape index (κ2) is 5.22. The van der Waals surface area contributed by atoms with Gasteiger partial charge in [-0.05, 0) is 25.5 Å². The summed E-state index contributed by atoms with van der Waals surface area (Å²) in [6.45, 7) is 3.90. The molecular weight excluding hydrogens is 248 g/mol. The van der Waals surface area contributed by atoms with Crippen molar-refractivity contribution in [2.75, 3.05) is 11.5 Å². The van der Waals surface area contributed by atoms with Gasteiger partial charge in [-0.3, -0.25) is 4.79 Å². The van der Waals surface area contributed by atoms with E-state index in [-0.39, 0.29) is 11.7 Å². The van der Waals surface area contributed by atoms with Gasteiger partial charge in [0.25, 0.3) is 0 Å². The molecule has 0 fully saturated rings. The first kappa shape index (κ1) is 12.6. The first-order chi connectivity index (χ1) is 8.56. The van der Waals surface area contributed by atoms with E-state index in [1.165, 1.54) is 11.8 Å². The van der Waals surface area contributed by atoms with Crippen LogP contribution < -0.4 is 5.73 Å². The number of benzene rings is 1. The second-order valence-corrected chi connectivity index (χ2v) is 4.98. The van der Waals surface area contributed by atoms with Crippen LogP contribution in [0.15, 0.2) is 23.4 Å². The van der Waals surface area contributed by atoms with Crippen molar-refractivity contribution in [3.05, 3.63) is 34.9 Å². The number of carbonyl (C=O) groups is 1. The van der Waals surface area contributed by atoms with E-state index in [1.54, 1.807) is 0 Å². The number of aromatic amines is 1. The lowest BCUT2D eigenvalue weighted by Gasteiger charge is -2.05. The van der Waals surface area contributed by atoms with Crippen molar-refractivity contribution in [2.24, 2.45) is 0 Å². The zero-order valence-electron chi connectivity index (χ0n) is 10.2. The summed E-state index contributed by atoms with van der Waals surface area (Å²) >= 11 is 1.28. The van der Waals surface area contributed by atoms with Crippen LogP contribution in [-0.4, -0.2) is 26.7 Å².